The number of hydrogen-bond donors (Lipinski definition) is 1. The fraction of sp³-hybridized carbons (Fsp3) is 0.111. The molecule has 0 atom stereocenters. The lowest BCUT2D eigenvalue weighted by atomic mass is 10.2. The van der Waals surface area contributed by atoms with E-state index in [9.17, 15) is 14.9 Å². The molecule has 0 radical (unpaired) electrons. The number of hydrogen-bond acceptors (Lipinski definition) is 4. The minimum atomic E-state index is -0.511. The molecule has 6 nitrogen and oxygen atoms in total. The molecular weight excluding hydrogens is 198 g/mol. The van der Waals surface area contributed by atoms with Crippen molar-refractivity contribution in [3.05, 3.63) is 33.6 Å². The topological polar surface area (TPSA) is 88.9 Å². The molecule has 0 saturated carbocycles. The van der Waals surface area contributed by atoms with Gasteiger partial charge in [0.05, 0.1) is 4.92 Å². The molecule has 2 aromatic heterocycles. The largest absolute Gasteiger partial charge is 0.345 e. The molecule has 0 amide bonds. The number of nitrogens with zero attached hydrogens (tertiary/aromatic N) is 2. The lowest BCUT2D eigenvalue weighted by Crippen LogP contribution is -1.94. The Balaban J connectivity index is 2.80. The first-order valence-corrected chi connectivity index (χ1v) is 4.22. The molecule has 0 aromatic carbocycles. The predicted octanol–water partition coefficient (Wildman–Crippen LogP) is 1.59. The summed E-state index contributed by atoms with van der Waals surface area (Å²) >= 11 is 0. The van der Waals surface area contributed by atoms with Crippen LogP contribution in [-0.2, 0) is 0 Å². The van der Waals surface area contributed by atoms with Crippen LogP contribution in [0.2, 0.25) is 0 Å². The first-order chi connectivity index (χ1) is 7.13. The van der Waals surface area contributed by atoms with Gasteiger partial charge in [-0.05, 0) is 6.92 Å². The van der Waals surface area contributed by atoms with Crippen LogP contribution in [0.1, 0.15) is 16.1 Å². The first kappa shape index (κ1) is 9.32. The molecule has 2 heterocycles. The third-order valence-corrected chi connectivity index (χ3v) is 2.19. The van der Waals surface area contributed by atoms with Crippen LogP contribution >= 0.6 is 0 Å². The van der Waals surface area contributed by atoms with Gasteiger partial charge in [0.1, 0.15) is 11.3 Å². The van der Waals surface area contributed by atoms with Crippen LogP contribution in [0.5, 0.6) is 0 Å². The molecule has 2 aromatic rings. The summed E-state index contributed by atoms with van der Waals surface area (Å²) < 4.78 is 0. The van der Waals surface area contributed by atoms with Crippen LogP contribution in [-0.4, -0.2) is 21.2 Å². The predicted molar refractivity (Wildman–Crippen MR) is 52.9 cm³/mol. The zero-order valence-electron chi connectivity index (χ0n) is 7.85. The van der Waals surface area contributed by atoms with E-state index in [1.54, 1.807) is 6.92 Å². The second-order valence-electron chi connectivity index (χ2n) is 3.11. The summed E-state index contributed by atoms with van der Waals surface area (Å²) in [4.78, 5) is 27.6. The number of fused-ring (bicyclic) bond motifs is 1. The van der Waals surface area contributed by atoms with Gasteiger partial charge in [0.25, 0.3) is 5.69 Å². The van der Waals surface area contributed by atoms with Crippen LogP contribution in [0, 0.1) is 17.0 Å². The Morgan fingerprint density at radius 1 is 1.60 bits per heavy atom. The van der Waals surface area contributed by atoms with Gasteiger partial charge in [0, 0.05) is 23.2 Å². The number of aromatic nitrogens is 2. The molecule has 0 aliphatic rings. The van der Waals surface area contributed by atoms with E-state index in [4.69, 9.17) is 0 Å². The van der Waals surface area contributed by atoms with Gasteiger partial charge in [-0.15, -0.1) is 0 Å². The fourth-order valence-electron chi connectivity index (χ4n) is 1.43. The molecule has 2 rings (SSSR count). The zero-order chi connectivity index (χ0) is 11.0. The second kappa shape index (κ2) is 3.16. The molecule has 0 aliphatic heterocycles. The molecule has 0 aliphatic carbocycles. The molecule has 0 bridgehead atoms. The number of pyridine rings is 1. The minimum absolute atomic E-state index is 0.0785. The van der Waals surface area contributed by atoms with Gasteiger partial charge in [-0.2, -0.15) is 0 Å². The summed E-state index contributed by atoms with van der Waals surface area (Å²) in [5, 5.41) is 11.1. The molecule has 1 N–H and O–H groups in total. The van der Waals surface area contributed by atoms with Gasteiger partial charge in [0.15, 0.2) is 6.29 Å². The molecule has 6 heteroatoms. The molecule has 76 valence electrons. The van der Waals surface area contributed by atoms with Crippen molar-refractivity contribution in [3.8, 4) is 0 Å². The Labute approximate surface area is 84.1 Å². The van der Waals surface area contributed by atoms with Crippen LogP contribution in [0.3, 0.4) is 0 Å². The zero-order valence-corrected chi connectivity index (χ0v) is 7.85. The number of aldehydes is 1. The number of rotatable bonds is 2. The second-order valence-corrected chi connectivity index (χ2v) is 3.11. The highest BCUT2D eigenvalue weighted by Gasteiger charge is 2.15. The average Bonchev–Trinajstić information content (AvgIpc) is 2.58. The van der Waals surface area contributed by atoms with E-state index in [0.29, 0.717) is 28.6 Å². The van der Waals surface area contributed by atoms with Crippen molar-refractivity contribution in [3.63, 3.8) is 0 Å². The molecule has 0 fully saturated rings. The van der Waals surface area contributed by atoms with Crippen molar-refractivity contribution in [2.45, 2.75) is 6.92 Å². The molecule has 15 heavy (non-hydrogen) atoms. The van der Waals surface area contributed by atoms with E-state index in [1.165, 1.54) is 12.3 Å². The highest BCUT2D eigenvalue weighted by atomic mass is 16.6. The van der Waals surface area contributed by atoms with Gasteiger partial charge in [0.2, 0.25) is 0 Å². The number of nitrogens with one attached hydrogen (secondary N) is 1. The first-order valence-electron chi connectivity index (χ1n) is 4.22. The van der Waals surface area contributed by atoms with Crippen molar-refractivity contribution in [2.75, 3.05) is 0 Å². The third kappa shape index (κ3) is 1.35. The number of carbonyl (C=O) groups is 1. The van der Waals surface area contributed by atoms with Crippen LogP contribution in [0.4, 0.5) is 5.69 Å². The standard InChI is InChI=1S/C9H7N3O3/c1-5-8(12(14)15)2-7-6(4-13)3-10-9(7)11-5/h2-4H,1H3,(H,10,11). The lowest BCUT2D eigenvalue weighted by Gasteiger charge is -1.96. The molecule has 0 spiro atoms. The summed E-state index contributed by atoms with van der Waals surface area (Å²) in [5.74, 6) is 0. The fourth-order valence-corrected chi connectivity index (χ4v) is 1.43. The number of carbonyl (C=O) groups excluding carboxylic acids is 1. The Hall–Kier alpha value is -2.24. The maximum Gasteiger partial charge on any atom is 0.291 e. The Morgan fingerprint density at radius 2 is 2.33 bits per heavy atom. The maximum absolute atomic E-state index is 10.7. The van der Waals surface area contributed by atoms with Crippen molar-refractivity contribution < 1.29 is 9.72 Å². The van der Waals surface area contributed by atoms with E-state index >= 15 is 0 Å². The summed E-state index contributed by atoms with van der Waals surface area (Å²) in [7, 11) is 0. The SMILES string of the molecule is Cc1nc2[nH]cc(C=O)c2cc1[N+](=O)[O-]. The van der Waals surface area contributed by atoms with Gasteiger partial charge >= 0.3 is 0 Å². The molecular formula is C9H7N3O3. The third-order valence-electron chi connectivity index (χ3n) is 2.19. The van der Waals surface area contributed by atoms with E-state index in [0.717, 1.165) is 0 Å². The quantitative estimate of drug-likeness (QED) is 0.458. The van der Waals surface area contributed by atoms with Crippen LogP contribution in [0.15, 0.2) is 12.3 Å². The number of aryl methyl sites for hydroxylation is 1. The van der Waals surface area contributed by atoms with Gasteiger partial charge in [-0.25, -0.2) is 4.98 Å². The Kier molecular flexibility index (Phi) is 1.96. The van der Waals surface area contributed by atoms with E-state index < -0.39 is 4.92 Å². The average molecular weight is 205 g/mol. The van der Waals surface area contributed by atoms with Gasteiger partial charge in [-0.3, -0.25) is 14.9 Å². The number of aromatic amines is 1. The molecule has 0 unspecified atom stereocenters. The summed E-state index contributed by atoms with van der Waals surface area (Å²) in [5.41, 5.74) is 1.11. The number of H-pyrrole nitrogens is 1. The van der Waals surface area contributed by atoms with E-state index in [-0.39, 0.29) is 5.69 Å². The summed E-state index contributed by atoms with van der Waals surface area (Å²) in [6.45, 7) is 1.55. The van der Waals surface area contributed by atoms with E-state index in [1.807, 2.05) is 0 Å². The highest BCUT2D eigenvalue weighted by Crippen LogP contribution is 2.23. The van der Waals surface area contributed by atoms with Crippen LogP contribution < -0.4 is 0 Å². The van der Waals surface area contributed by atoms with Crippen LogP contribution in [0.25, 0.3) is 11.0 Å². The Morgan fingerprint density at radius 3 is 2.93 bits per heavy atom. The van der Waals surface area contributed by atoms with Crippen molar-refractivity contribution >= 4 is 23.0 Å². The van der Waals surface area contributed by atoms with E-state index in [2.05, 4.69) is 9.97 Å². The van der Waals surface area contributed by atoms with Gasteiger partial charge in [-0.1, -0.05) is 0 Å². The maximum atomic E-state index is 10.7. The monoisotopic (exact) mass is 205 g/mol. The van der Waals surface area contributed by atoms with Crippen molar-refractivity contribution in [1.29, 1.82) is 0 Å². The normalized spacial score (nSPS) is 10.5. The van der Waals surface area contributed by atoms with Gasteiger partial charge < -0.3 is 4.98 Å². The highest BCUT2D eigenvalue weighted by molar-refractivity contribution is 5.96. The lowest BCUT2D eigenvalue weighted by molar-refractivity contribution is -0.385. The number of nitro groups is 1. The van der Waals surface area contributed by atoms with Crippen molar-refractivity contribution in [1.82, 2.24) is 9.97 Å². The smallest absolute Gasteiger partial charge is 0.291 e. The van der Waals surface area contributed by atoms with Crippen molar-refractivity contribution in [2.24, 2.45) is 0 Å². The minimum Gasteiger partial charge on any atom is -0.345 e. The summed E-state index contributed by atoms with van der Waals surface area (Å²) in [6, 6.07) is 1.36. The Bertz CT molecular complexity index is 559. The summed E-state index contributed by atoms with van der Waals surface area (Å²) in [6.07, 6.45) is 2.12. The molecule has 0 saturated heterocycles.